The second kappa shape index (κ2) is 12.0. The minimum atomic E-state index is -0.347. The Balaban J connectivity index is 1.13. The third-order valence-electron chi connectivity index (χ3n) is 7.17. The molecular weight excluding hydrogens is 526 g/mol. The number of amides is 2. The van der Waals surface area contributed by atoms with Crippen LogP contribution in [0.15, 0.2) is 119 Å². The van der Waals surface area contributed by atoms with Crippen molar-refractivity contribution in [2.24, 2.45) is 5.10 Å². The molecule has 1 aromatic heterocycles. The molecule has 0 saturated heterocycles. The summed E-state index contributed by atoms with van der Waals surface area (Å²) < 4.78 is 11.8. The first-order chi connectivity index (χ1) is 20.5. The van der Waals surface area contributed by atoms with E-state index in [1.165, 1.54) is 0 Å². The first kappa shape index (κ1) is 26.8. The van der Waals surface area contributed by atoms with Gasteiger partial charge in [-0.3, -0.25) is 9.59 Å². The van der Waals surface area contributed by atoms with Gasteiger partial charge < -0.3 is 14.5 Å². The van der Waals surface area contributed by atoms with Crippen LogP contribution in [0.3, 0.4) is 0 Å². The van der Waals surface area contributed by atoms with E-state index in [0.29, 0.717) is 46.9 Å². The van der Waals surface area contributed by atoms with Crippen LogP contribution < -0.4 is 15.5 Å². The van der Waals surface area contributed by atoms with Gasteiger partial charge in [0.2, 0.25) is 0 Å². The van der Waals surface area contributed by atoms with Crippen LogP contribution in [0.1, 0.15) is 50.6 Å². The summed E-state index contributed by atoms with van der Waals surface area (Å²) >= 11 is 0. The number of benzene rings is 4. The second-order valence-corrected chi connectivity index (χ2v) is 10.0. The van der Waals surface area contributed by atoms with Gasteiger partial charge in [-0.25, -0.2) is 5.43 Å². The molecule has 0 saturated carbocycles. The summed E-state index contributed by atoms with van der Waals surface area (Å²) in [6.45, 7) is 1.85. The van der Waals surface area contributed by atoms with Crippen molar-refractivity contribution in [2.45, 2.75) is 26.2 Å². The van der Waals surface area contributed by atoms with Crippen LogP contribution in [0, 0.1) is 6.92 Å². The number of nitrogens with one attached hydrogen (secondary N) is 2. The van der Waals surface area contributed by atoms with Gasteiger partial charge in [0.15, 0.2) is 5.76 Å². The largest absolute Gasteiger partial charge is 0.457 e. The lowest BCUT2D eigenvalue weighted by Gasteiger charge is -2.13. The molecule has 0 fully saturated rings. The normalized spacial score (nSPS) is 13.3. The average molecular weight is 556 g/mol. The third-order valence-corrected chi connectivity index (χ3v) is 7.17. The first-order valence-electron chi connectivity index (χ1n) is 13.8. The van der Waals surface area contributed by atoms with E-state index in [-0.39, 0.29) is 17.6 Å². The third kappa shape index (κ3) is 5.86. The molecule has 2 N–H and O–H groups in total. The highest BCUT2D eigenvalue weighted by atomic mass is 16.5. The Morgan fingerprint density at radius 1 is 0.738 bits per heavy atom. The van der Waals surface area contributed by atoms with E-state index in [2.05, 4.69) is 15.8 Å². The van der Waals surface area contributed by atoms with Crippen molar-refractivity contribution >= 4 is 23.2 Å². The van der Waals surface area contributed by atoms with Crippen LogP contribution >= 0.6 is 0 Å². The number of rotatable bonds is 7. The molecule has 1 aliphatic carbocycles. The van der Waals surface area contributed by atoms with Crippen molar-refractivity contribution in [3.05, 3.63) is 137 Å². The standard InChI is InChI=1S/C35H29N3O4/c1-23-32-30(37-38-34(39)26-17-15-25(16-18-26)24-9-4-2-5-10-24)13-8-14-31(32)42-33(23)35(40)36-27-19-21-29(22-20-27)41-28-11-6-3-7-12-28/h2-7,9-12,15-22H,8,13-14H2,1H3,(H,36,40)(H,38,39)/b37-30+. The molecule has 4 aromatic carbocycles. The predicted octanol–water partition coefficient (Wildman–Crippen LogP) is 7.77. The minimum Gasteiger partial charge on any atom is -0.457 e. The van der Waals surface area contributed by atoms with Crippen LogP contribution in [0.25, 0.3) is 11.1 Å². The molecule has 0 atom stereocenters. The molecule has 7 nitrogen and oxygen atoms in total. The summed E-state index contributed by atoms with van der Waals surface area (Å²) in [5.41, 5.74) is 8.14. The quantitative estimate of drug-likeness (QED) is 0.201. The van der Waals surface area contributed by atoms with E-state index in [1.54, 1.807) is 36.4 Å². The smallest absolute Gasteiger partial charge is 0.291 e. The van der Waals surface area contributed by atoms with Gasteiger partial charge in [0.1, 0.15) is 17.3 Å². The van der Waals surface area contributed by atoms with Crippen molar-refractivity contribution in [3.63, 3.8) is 0 Å². The van der Waals surface area contributed by atoms with Gasteiger partial charge in [-0.1, -0.05) is 60.7 Å². The number of nitrogens with zero attached hydrogens (tertiary/aromatic N) is 1. The van der Waals surface area contributed by atoms with E-state index < -0.39 is 0 Å². The van der Waals surface area contributed by atoms with E-state index in [4.69, 9.17) is 9.15 Å². The Morgan fingerprint density at radius 3 is 2.10 bits per heavy atom. The zero-order chi connectivity index (χ0) is 28.9. The fourth-order valence-electron chi connectivity index (χ4n) is 5.04. The molecule has 0 spiro atoms. The van der Waals surface area contributed by atoms with E-state index in [1.807, 2.05) is 79.7 Å². The van der Waals surface area contributed by atoms with E-state index >= 15 is 0 Å². The molecule has 0 aliphatic heterocycles. The lowest BCUT2D eigenvalue weighted by molar-refractivity contribution is 0.0953. The highest BCUT2D eigenvalue weighted by Crippen LogP contribution is 2.31. The SMILES string of the molecule is Cc1c(C(=O)Nc2ccc(Oc3ccccc3)cc2)oc2c1/C(=N/NC(=O)c1ccc(-c3ccccc3)cc1)CCC2. The number of carbonyl (C=O) groups excluding carboxylic acids is 2. The zero-order valence-electron chi connectivity index (χ0n) is 23.1. The Hall–Kier alpha value is -5.43. The average Bonchev–Trinajstić information content (AvgIpc) is 3.39. The second-order valence-electron chi connectivity index (χ2n) is 10.0. The molecule has 5 aromatic rings. The molecule has 0 unspecified atom stereocenters. The molecule has 6 rings (SSSR count). The number of furan rings is 1. The van der Waals surface area contributed by atoms with Gasteiger partial charge in [0, 0.05) is 28.8 Å². The molecule has 7 heteroatoms. The Kier molecular flexibility index (Phi) is 7.64. The topological polar surface area (TPSA) is 92.9 Å². The molecule has 1 heterocycles. The Bertz CT molecular complexity index is 1740. The number of hydrogen-bond acceptors (Lipinski definition) is 5. The number of fused-ring (bicyclic) bond motifs is 1. The number of aryl methyl sites for hydroxylation is 1. The van der Waals surface area contributed by atoms with Gasteiger partial charge in [-0.15, -0.1) is 0 Å². The fourth-order valence-corrected chi connectivity index (χ4v) is 5.04. The minimum absolute atomic E-state index is 0.238. The maximum absolute atomic E-state index is 13.2. The van der Waals surface area contributed by atoms with E-state index in [0.717, 1.165) is 28.9 Å². The van der Waals surface area contributed by atoms with Gasteiger partial charge in [0.05, 0.1) is 5.71 Å². The number of carbonyl (C=O) groups is 2. The molecule has 208 valence electrons. The van der Waals surface area contributed by atoms with Crippen LogP contribution in [0.5, 0.6) is 11.5 Å². The van der Waals surface area contributed by atoms with Gasteiger partial charge >= 0.3 is 0 Å². The number of ether oxygens (including phenoxy) is 1. The number of para-hydroxylation sites is 1. The summed E-state index contributed by atoms with van der Waals surface area (Å²) in [7, 11) is 0. The summed E-state index contributed by atoms with van der Waals surface area (Å²) in [5.74, 6) is 1.70. The number of hydrogen-bond donors (Lipinski definition) is 2. The van der Waals surface area contributed by atoms with Gasteiger partial charge in [-0.2, -0.15) is 5.10 Å². The number of anilines is 1. The van der Waals surface area contributed by atoms with Crippen LogP contribution in [0.2, 0.25) is 0 Å². The van der Waals surface area contributed by atoms with Crippen molar-refractivity contribution < 1.29 is 18.7 Å². The van der Waals surface area contributed by atoms with Crippen molar-refractivity contribution in [1.29, 1.82) is 0 Å². The summed E-state index contributed by atoms with van der Waals surface area (Å²) in [6, 6.07) is 34.1. The van der Waals surface area contributed by atoms with Crippen LogP contribution in [-0.4, -0.2) is 17.5 Å². The zero-order valence-corrected chi connectivity index (χ0v) is 23.1. The van der Waals surface area contributed by atoms with Gasteiger partial charge in [0.25, 0.3) is 11.8 Å². The molecule has 0 radical (unpaired) electrons. The highest BCUT2D eigenvalue weighted by Gasteiger charge is 2.28. The highest BCUT2D eigenvalue weighted by molar-refractivity contribution is 6.09. The maximum atomic E-state index is 13.2. The fraction of sp³-hybridized carbons (Fsp3) is 0.114. The predicted molar refractivity (Wildman–Crippen MR) is 163 cm³/mol. The Morgan fingerprint density at radius 2 is 1.38 bits per heavy atom. The molecule has 1 aliphatic rings. The van der Waals surface area contributed by atoms with Crippen molar-refractivity contribution in [2.75, 3.05) is 5.32 Å². The first-order valence-corrected chi connectivity index (χ1v) is 13.8. The summed E-state index contributed by atoms with van der Waals surface area (Å²) in [5, 5.41) is 7.36. The molecule has 0 bridgehead atoms. The lowest BCUT2D eigenvalue weighted by Crippen LogP contribution is -2.22. The van der Waals surface area contributed by atoms with Crippen LogP contribution in [-0.2, 0) is 6.42 Å². The summed E-state index contributed by atoms with van der Waals surface area (Å²) in [6.07, 6.45) is 2.18. The lowest BCUT2D eigenvalue weighted by atomic mass is 9.93. The van der Waals surface area contributed by atoms with Crippen LogP contribution in [0.4, 0.5) is 5.69 Å². The Labute approximate surface area is 243 Å². The maximum Gasteiger partial charge on any atom is 0.291 e. The summed E-state index contributed by atoms with van der Waals surface area (Å²) in [4.78, 5) is 26.0. The molecule has 42 heavy (non-hydrogen) atoms. The molecular formula is C35H29N3O4. The monoisotopic (exact) mass is 555 g/mol. The number of hydrazone groups is 1. The van der Waals surface area contributed by atoms with E-state index in [9.17, 15) is 9.59 Å². The van der Waals surface area contributed by atoms with Gasteiger partial charge in [-0.05, 0) is 79.4 Å². The molecule has 2 amide bonds. The van der Waals surface area contributed by atoms with Crippen molar-refractivity contribution in [1.82, 2.24) is 5.43 Å². The van der Waals surface area contributed by atoms with Crippen molar-refractivity contribution in [3.8, 4) is 22.6 Å².